The number of benzene rings is 1. The van der Waals surface area contributed by atoms with Crippen LogP contribution in [0.1, 0.15) is 38.2 Å². The highest BCUT2D eigenvalue weighted by molar-refractivity contribution is 6.01. The van der Waals surface area contributed by atoms with E-state index >= 15 is 0 Å². The van der Waals surface area contributed by atoms with Crippen molar-refractivity contribution in [1.29, 1.82) is 5.26 Å². The van der Waals surface area contributed by atoms with E-state index in [4.69, 9.17) is 4.74 Å². The van der Waals surface area contributed by atoms with Crippen LogP contribution in [0.25, 0.3) is 0 Å². The number of nitriles is 1. The summed E-state index contributed by atoms with van der Waals surface area (Å²) in [4.78, 5) is 29.6. The van der Waals surface area contributed by atoms with Crippen LogP contribution in [0.5, 0.6) is 11.6 Å². The van der Waals surface area contributed by atoms with Crippen molar-refractivity contribution >= 4 is 5.78 Å². The number of aryl methyl sites for hydroxylation is 2. The highest BCUT2D eigenvalue weighted by atomic mass is 16.5. The lowest BCUT2D eigenvalue weighted by molar-refractivity contribution is 0.0916. The molecule has 3 aromatic rings. The number of nitrogens with zero attached hydrogens (tertiary/aromatic N) is 3. The number of ether oxygens (including phenoxy) is 1. The first kappa shape index (κ1) is 20.8. The van der Waals surface area contributed by atoms with Gasteiger partial charge in [-0.3, -0.25) is 19.1 Å². The van der Waals surface area contributed by atoms with E-state index in [1.54, 1.807) is 36.7 Å². The van der Waals surface area contributed by atoms with Crippen LogP contribution in [-0.4, -0.2) is 27.0 Å². The van der Waals surface area contributed by atoms with Crippen LogP contribution >= 0.6 is 0 Å². The predicted octanol–water partition coefficient (Wildman–Crippen LogP) is 3.06. The second-order valence-electron chi connectivity index (χ2n) is 7.10. The van der Waals surface area contributed by atoms with E-state index in [1.807, 2.05) is 26.0 Å². The number of carbonyl (C=O) groups excluding carboxylic acids is 1. The largest absolute Gasteiger partial charge is 0.494 e. The molecule has 7 nitrogen and oxygen atoms in total. The van der Waals surface area contributed by atoms with Crippen molar-refractivity contribution in [2.45, 2.75) is 27.3 Å². The zero-order valence-electron chi connectivity index (χ0n) is 17.0. The Morgan fingerprint density at radius 2 is 1.93 bits per heavy atom. The maximum absolute atomic E-state index is 12.9. The summed E-state index contributed by atoms with van der Waals surface area (Å²) >= 11 is 0. The average Bonchev–Trinajstić information content (AvgIpc) is 2.70. The molecule has 2 heterocycles. The van der Waals surface area contributed by atoms with Crippen molar-refractivity contribution in [2.24, 2.45) is 0 Å². The maximum Gasteiger partial charge on any atom is 0.271 e. The molecule has 152 valence electrons. The third kappa shape index (κ3) is 4.23. The van der Waals surface area contributed by atoms with E-state index in [2.05, 4.69) is 4.98 Å². The maximum atomic E-state index is 12.9. The molecule has 2 aromatic heterocycles. The minimum absolute atomic E-state index is 0.0221. The van der Waals surface area contributed by atoms with Crippen LogP contribution < -0.4 is 10.3 Å². The number of hydrogen-bond donors (Lipinski definition) is 1. The molecule has 1 aromatic carbocycles. The summed E-state index contributed by atoms with van der Waals surface area (Å²) in [6, 6.07) is 10.9. The molecule has 0 atom stereocenters. The van der Waals surface area contributed by atoms with Gasteiger partial charge in [0.1, 0.15) is 17.4 Å². The second kappa shape index (κ2) is 8.62. The first-order valence-electron chi connectivity index (χ1n) is 9.31. The molecule has 30 heavy (non-hydrogen) atoms. The number of aromatic hydroxyl groups is 1. The lowest BCUT2D eigenvalue weighted by Crippen LogP contribution is -2.28. The van der Waals surface area contributed by atoms with Gasteiger partial charge in [-0.2, -0.15) is 5.26 Å². The van der Waals surface area contributed by atoms with Gasteiger partial charge in [0.15, 0.2) is 6.61 Å². The standard InChI is InChI=1S/C23H21N3O4/c1-14-7-15(2)9-18(8-14)30-13-20(27)21-16(3)19(10-24)22(28)26(23(21)29)12-17-5-4-6-25-11-17/h4-9,11,29H,12-13H2,1-3H3. The van der Waals surface area contributed by atoms with Gasteiger partial charge in [-0.25, -0.2) is 0 Å². The molecule has 0 radical (unpaired) electrons. The number of pyridine rings is 2. The highest BCUT2D eigenvalue weighted by Crippen LogP contribution is 2.24. The summed E-state index contributed by atoms with van der Waals surface area (Å²) in [5, 5.41) is 20.2. The molecule has 0 bridgehead atoms. The lowest BCUT2D eigenvalue weighted by atomic mass is 10.0. The zero-order valence-corrected chi connectivity index (χ0v) is 17.0. The molecular weight excluding hydrogens is 382 g/mol. The Kier molecular flexibility index (Phi) is 5.98. The number of aromatic nitrogens is 2. The molecule has 0 aliphatic rings. The second-order valence-corrected chi connectivity index (χ2v) is 7.10. The summed E-state index contributed by atoms with van der Waals surface area (Å²) < 4.78 is 6.62. The molecule has 0 spiro atoms. The molecular formula is C23H21N3O4. The van der Waals surface area contributed by atoms with Gasteiger partial charge < -0.3 is 9.84 Å². The molecule has 0 amide bonds. The fourth-order valence-corrected chi connectivity index (χ4v) is 3.34. The molecule has 1 N–H and O–H groups in total. The topological polar surface area (TPSA) is 105 Å². The summed E-state index contributed by atoms with van der Waals surface area (Å²) in [6.45, 7) is 4.95. The van der Waals surface area contributed by atoms with E-state index < -0.39 is 17.2 Å². The van der Waals surface area contributed by atoms with Crippen LogP contribution in [0.2, 0.25) is 0 Å². The van der Waals surface area contributed by atoms with Gasteiger partial charge in [-0.15, -0.1) is 0 Å². The van der Waals surface area contributed by atoms with Gasteiger partial charge in [0, 0.05) is 12.4 Å². The summed E-state index contributed by atoms with van der Waals surface area (Å²) in [5.41, 5.74) is 1.82. The molecule has 0 unspecified atom stereocenters. The monoisotopic (exact) mass is 403 g/mol. The molecule has 0 fully saturated rings. The lowest BCUT2D eigenvalue weighted by Gasteiger charge is -2.16. The Labute approximate surface area is 173 Å². The number of hydrogen-bond acceptors (Lipinski definition) is 6. The van der Waals surface area contributed by atoms with E-state index in [9.17, 15) is 20.0 Å². The van der Waals surface area contributed by atoms with Crippen molar-refractivity contribution in [3.63, 3.8) is 0 Å². The minimum atomic E-state index is -0.664. The van der Waals surface area contributed by atoms with Crippen LogP contribution in [0.15, 0.2) is 47.5 Å². The van der Waals surface area contributed by atoms with E-state index in [-0.39, 0.29) is 29.8 Å². The normalized spacial score (nSPS) is 10.5. The number of ketones is 1. The fraction of sp³-hybridized carbons (Fsp3) is 0.217. The Bertz CT molecular complexity index is 1190. The Balaban J connectivity index is 1.98. The summed E-state index contributed by atoms with van der Waals surface area (Å²) in [7, 11) is 0. The van der Waals surface area contributed by atoms with Crippen LogP contribution in [-0.2, 0) is 6.54 Å². The van der Waals surface area contributed by atoms with Gasteiger partial charge in [0.2, 0.25) is 11.7 Å². The number of rotatable bonds is 6. The van der Waals surface area contributed by atoms with Gasteiger partial charge in [0.25, 0.3) is 5.56 Å². The molecule has 0 saturated carbocycles. The highest BCUT2D eigenvalue weighted by Gasteiger charge is 2.24. The van der Waals surface area contributed by atoms with Gasteiger partial charge in [-0.05, 0) is 61.2 Å². The van der Waals surface area contributed by atoms with Crippen molar-refractivity contribution in [1.82, 2.24) is 9.55 Å². The molecule has 3 rings (SSSR count). The van der Waals surface area contributed by atoms with Gasteiger partial charge in [-0.1, -0.05) is 12.1 Å². The van der Waals surface area contributed by atoms with E-state index in [1.165, 1.54) is 6.92 Å². The quantitative estimate of drug-likeness (QED) is 0.634. The first-order valence-corrected chi connectivity index (χ1v) is 9.31. The van der Waals surface area contributed by atoms with Crippen LogP contribution in [0.3, 0.4) is 0 Å². The van der Waals surface area contributed by atoms with Crippen LogP contribution in [0, 0.1) is 32.1 Å². The van der Waals surface area contributed by atoms with Crippen molar-refractivity contribution in [2.75, 3.05) is 6.61 Å². The molecule has 7 heteroatoms. The Morgan fingerprint density at radius 1 is 1.23 bits per heavy atom. The van der Waals surface area contributed by atoms with Crippen molar-refractivity contribution in [3.8, 4) is 17.7 Å². The third-order valence-electron chi connectivity index (χ3n) is 4.71. The van der Waals surface area contributed by atoms with Crippen molar-refractivity contribution < 1.29 is 14.6 Å². The number of carbonyl (C=O) groups is 1. The SMILES string of the molecule is Cc1cc(C)cc(OCC(=O)c2c(C)c(C#N)c(=O)n(Cc3cccnc3)c2O)c1. The Hall–Kier alpha value is -3.92. The molecule has 0 saturated heterocycles. The predicted molar refractivity (Wildman–Crippen MR) is 111 cm³/mol. The van der Waals surface area contributed by atoms with Crippen molar-refractivity contribution in [3.05, 3.63) is 86.5 Å². The average molecular weight is 403 g/mol. The fourth-order valence-electron chi connectivity index (χ4n) is 3.34. The van der Waals surface area contributed by atoms with Gasteiger partial charge in [0.05, 0.1) is 12.1 Å². The summed E-state index contributed by atoms with van der Waals surface area (Å²) in [6.07, 6.45) is 3.13. The third-order valence-corrected chi connectivity index (χ3v) is 4.71. The number of Topliss-reactive ketones (excluding diaryl/α,β-unsaturated/α-hetero) is 1. The smallest absolute Gasteiger partial charge is 0.271 e. The minimum Gasteiger partial charge on any atom is -0.494 e. The molecule has 0 aliphatic carbocycles. The summed E-state index contributed by atoms with van der Waals surface area (Å²) in [5.74, 6) is -0.489. The van der Waals surface area contributed by atoms with E-state index in [0.717, 1.165) is 15.7 Å². The Morgan fingerprint density at radius 3 is 2.53 bits per heavy atom. The molecule has 0 aliphatic heterocycles. The zero-order chi connectivity index (χ0) is 21.8. The van der Waals surface area contributed by atoms with Gasteiger partial charge >= 0.3 is 0 Å². The first-order chi connectivity index (χ1) is 14.3. The van der Waals surface area contributed by atoms with E-state index in [0.29, 0.717) is 11.3 Å². The van der Waals surface area contributed by atoms with Crippen LogP contribution in [0.4, 0.5) is 0 Å².